The van der Waals surface area contributed by atoms with Crippen LogP contribution in [0.15, 0.2) is 36.4 Å². The largest absolute Gasteiger partial charge is 0.390 e. The van der Waals surface area contributed by atoms with Gasteiger partial charge in [0.2, 0.25) is 10.0 Å². The standard InChI is InChI=1S/C22H27N3O3S/c1-24(2)29(27,28)12-11-22(26)13-17-8-9-18(14-22)25(17)21-10-7-16(15-23)19-5-3-4-6-20(19)21/h3-7,10,17-18,26H,8-9,11-14H2,1-2H3. The number of rotatable bonds is 5. The number of anilines is 1. The molecule has 0 spiro atoms. The molecule has 2 aliphatic heterocycles. The van der Waals surface area contributed by atoms with Gasteiger partial charge in [0.05, 0.1) is 23.0 Å². The van der Waals surface area contributed by atoms with Crippen LogP contribution in [0, 0.1) is 11.3 Å². The fraction of sp³-hybridized carbons (Fsp3) is 0.500. The molecule has 154 valence electrons. The fourth-order valence-electron chi connectivity index (χ4n) is 5.03. The second kappa shape index (κ2) is 7.28. The van der Waals surface area contributed by atoms with Crippen molar-refractivity contribution in [2.75, 3.05) is 24.7 Å². The molecule has 0 aromatic heterocycles. The van der Waals surface area contributed by atoms with Crippen molar-refractivity contribution in [2.24, 2.45) is 0 Å². The maximum Gasteiger partial charge on any atom is 0.213 e. The van der Waals surface area contributed by atoms with Crippen molar-refractivity contribution in [3.63, 3.8) is 0 Å². The molecule has 7 heteroatoms. The van der Waals surface area contributed by atoms with Gasteiger partial charge in [-0.3, -0.25) is 0 Å². The Morgan fingerprint density at radius 3 is 2.34 bits per heavy atom. The monoisotopic (exact) mass is 413 g/mol. The lowest BCUT2D eigenvalue weighted by molar-refractivity contribution is -0.00104. The van der Waals surface area contributed by atoms with E-state index in [-0.39, 0.29) is 24.3 Å². The molecule has 6 nitrogen and oxygen atoms in total. The molecule has 0 radical (unpaired) electrons. The molecule has 2 aliphatic rings. The summed E-state index contributed by atoms with van der Waals surface area (Å²) in [5.41, 5.74) is 0.822. The number of nitriles is 1. The second-order valence-corrected chi connectivity index (χ2v) is 10.9. The summed E-state index contributed by atoms with van der Waals surface area (Å²) < 4.78 is 25.6. The van der Waals surface area contributed by atoms with Gasteiger partial charge in [0, 0.05) is 42.6 Å². The number of aliphatic hydroxyl groups is 1. The molecule has 0 saturated carbocycles. The Balaban J connectivity index is 1.61. The predicted molar refractivity (Wildman–Crippen MR) is 114 cm³/mol. The normalized spacial score (nSPS) is 26.8. The molecule has 2 fully saturated rings. The Labute approximate surface area is 172 Å². The van der Waals surface area contributed by atoms with Crippen LogP contribution in [-0.2, 0) is 10.0 Å². The van der Waals surface area contributed by atoms with E-state index in [1.165, 1.54) is 18.4 Å². The van der Waals surface area contributed by atoms with E-state index < -0.39 is 15.6 Å². The molecule has 4 rings (SSSR count). The highest BCUT2D eigenvalue weighted by Crippen LogP contribution is 2.46. The first kappa shape index (κ1) is 20.1. The molecule has 0 amide bonds. The van der Waals surface area contributed by atoms with Crippen LogP contribution in [0.5, 0.6) is 0 Å². The van der Waals surface area contributed by atoms with Gasteiger partial charge in [0.25, 0.3) is 0 Å². The van der Waals surface area contributed by atoms with Crippen molar-refractivity contribution in [1.82, 2.24) is 4.31 Å². The Morgan fingerprint density at radius 1 is 1.14 bits per heavy atom. The van der Waals surface area contributed by atoms with Gasteiger partial charge >= 0.3 is 0 Å². The molecule has 1 N–H and O–H groups in total. The molecule has 2 aromatic rings. The molecule has 2 unspecified atom stereocenters. The Hall–Kier alpha value is -2.14. The summed E-state index contributed by atoms with van der Waals surface area (Å²) in [6, 6.07) is 14.5. The number of hydrogen-bond donors (Lipinski definition) is 1. The van der Waals surface area contributed by atoms with E-state index in [4.69, 9.17) is 0 Å². The zero-order valence-electron chi connectivity index (χ0n) is 16.9. The number of hydrogen-bond acceptors (Lipinski definition) is 5. The van der Waals surface area contributed by atoms with Gasteiger partial charge in [-0.25, -0.2) is 12.7 Å². The van der Waals surface area contributed by atoms with Crippen LogP contribution in [0.2, 0.25) is 0 Å². The van der Waals surface area contributed by atoms with Gasteiger partial charge in [-0.1, -0.05) is 24.3 Å². The van der Waals surface area contributed by atoms with Crippen LogP contribution in [0.3, 0.4) is 0 Å². The highest BCUT2D eigenvalue weighted by atomic mass is 32.2. The maximum atomic E-state index is 12.2. The number of sulfonamides is 1. The van der Waals surface area contributed by atoms with Crippen molar-refractivity contribution in [3.05, 3.63) is 42.0 Å². The van der Waals surface area contributed by atoms with E-state index in [0.29, 0.717) is 18.4 Å². The zero-order valence-corrected chi connectivity index (χ0v) is 17.7. The minimum Gasteiger partial charge on any atom is -0.390 e. The van der Waals surface area contributed by atoms with Crippen LogP contribution in [-0.4, -0.2) is 55.4 Å². The van der Waals surface area contributed by atoms with Crippen molar-refractivity contribution in [1.29, 1.82) is 5.26 Å². The second-order valence-electron chi connectivity index (χ2n) is 8.56. The van der Waals surface area contributed by atoms with Gasteiger partial charge in [0.1, 0.15) is 0 Å². The molecule has 2 bridgehead atoms. The summed E-state index contributed by atoms with van der Waals surface area (Å²) in [6.07, 6.45) is 3.38. The van der Waals surface area contributed by atoms with E-state index in [1.807, 2.05) is 30.3 Å². The third-order valence-electron chi connectivity index (χ3n) is 6.53. The van der Waals surface area contributed by atoms with Gasteiger partial charge in [-0.2, -0.15) is 5.26 Å². The van der Waals surface area contributed by atoms with Gasteiger partial charge in [-0.05, 0) is 44.2 Å². The van der Waals surface area contributed by atoms with E-state index in [1.54, 1.807) is 0 Å². The predicted octanol–water partition coefficient (Wildman–Crippen LogP) is 2.86. The molecule has 2 saturated heterocycles. The van der Waals surface area contributed by atoms with Crippen LogP contribution in [0.1, 0.15) is 37.7 Å². The first-order valence-corrected chi connectivity index (χ1v) is 11.7. The highest BCUT2D eigenvalue weighted by Gasteiger charge is 2.48. The Kier molecular flexibility index (Phi) is 5.06. The number of nitrogens with zero attached hydrogens (tertiary/aromatic N) is 3. The quantitative estimate of drug-likeness (QED) is 0.815. The smallest absolute Gasteiger partial charge is 0.213 e. The third-order valence-corrected chi connectivity index (χ3v) is 8.37. The van der Waals surface area contributed by atoms with Crippen LogP contribution in [0.4, 0.5) is 5.69 Å². The van der Waals surface area contributed by atoms with Gasteiger partial charge in [0.15, 0.2) is 0 Å². The minimum absolute atomic E-state index is 0.0320. The van der Waals surface area contributed by atoms with E-state index in [0.717, 1.165) is 29.3 Å². The molecule has 2 aromatic carbocycles. The van der Waals surface area contributed by atoms with Crippen LogP contribution >= 0.6 is 0 Å². The Morgan fingerprint density at radius 2 is 1.76 bits per heavy atom. The summed E-state index contributed by atoms with van der Waals surface area (Å²) >= 11 is 0. The van der Waals surface area contributed by atoms with Crippen molar-refractivity contribution < 1.29 is 13.5 Å². The molecule has 2 heterocycles. The van der Waals surface area contributed by atoms with Crippen molar-refractivity contribution in [3.8, 4) is 6.07 Å². The lowest BCUT2D eigenvalue weighted by Gasteiger charge is -2.45. The van der Waals surface area contributed by atoms with E-state index >= 15 is 0 Å². The van der Waals surface area contributed by atoms with Crippen molar-refractivity contribution >= 4 is 26.5 Å². The topological polar surface area (TPSA) is 84.6 Å². The number of piperidine rings is 1. The Bertz CT molecular complexity index is 1060. The maximum absolute atomic E-state index is 12.2. The highest BCUT2D eigenvalue weighted by molar-refractivity contribution is 7.89. The lowest BCUT2D eigenvalue weighted by Crippen LogP contribution is -2.52. The summed E-state index contributed by atoms with van der Waals surface area (Å²) in [6.45, 7) is 0. The first-order valence-electron chi connectivity index (χ1n) is 10.1. The average Bonchev–Trinajstić information content (AvgIpc) is 2.97. The lowest BCUT2D eigenvalue weighted by atomic mass is 9.83. The minimum atomic E-state index is -3.32. The van der Waals surface area contributed by atoms with E-state index in [2.05, 4.69) is 17.0 Å². The number of fused-ring (bicyclic) bond motifs is 3. The van der Waals surface area contributed by atoms with Crippen LogP contribution < -0.4 is 4.90 Å². The SMILES string of the molecule is CN(C)S(=O)(=O)CCC1(O)CC2CCC(C1)N2c1ccc(C#N)c2ccccc12. The summed E-state index contributed by atoms with van der Waals surface area (Å²) in [7, 11) is -0.264. The number of benzene rings is 2. The average molecular weight is 414 g/mol. The van der Waals surface area contributed by atoms with Gasteiger partial charge in [-0.15, -0.1) is 0 Å². The molecular formula is C22H27N3O3S. The molecule has 29 heavy (non-hydrogen) atoms. The van der Waals surface area contributed by atoms with Gasteiger partial charge < -0.3 is 10.0 Å². The molecule has 0 aliphatic carbocycles. The van der Waals surface area contributed by atoms with Crippen molar-refractivity contribution in [2.45, 2.75) is 49.8 Å². The van der Waals surface area contributed by atoms with E-state index in [9.17, 15) is 18.8 Å². The first-order chi connectivity index (χ1) is 13.7. The fourth-order valence-corrected chi connectivity index (χ4v) is 6.03. The van der Waals surface area contributed by atoms with Crippen LogP contribution in [0.25, 0.3) is 10.8 Å². The summed E-state index contributed by atoms with van der Waals surface area (Å²) in [5, 5.41) is 22.6. The molecular weight excluding hydrogens is 386 g/mol. The molecule has 2 atom stereocenters. The summed E-state index contributed by atoms with van der Waals surface area (Å²) in [4.78, 5) is 2.40. The third kappa shape index (κ3) is 3.61. The summed E-state index contributed by atoms with van der Waals surface area (Å²) in [5.74, 6) is -0.0320. The zero-order chi connectivity index (χ0) is 20.8.